The lowest BCUT2D eigenvalue weighted by Crippen LogP contribution is -2.34. The van der Waals surface area contributed by atoms with Crippen LogP contribution < -0.4 is 0 Å². The largest absolute Gasteiger partial charge is 0.466 e. The second-order valence-corrected chi connectivity index (χ2v) is 7.59. The second-order valence-electron chi connectivity index (χ2n) is 7.59. The fraction of sp³-hybridized carbons (Fsp3) is 0.864. The van der Waals surface area contributed by atoms with Gasteiger partial charge in [-0.25, -0.2) is 0 Å². The molecule has 0 rings (SSSR count). The lowest BCUT2D eigenvalue weighted by atomic mass is 9.91. The van der Waals surface area contributed by atoms with E-state index < -0.39 is 35.8 Å². The van der Waals surface area contributed by atoms with E-state index >= 15 is 0 Å². The molecular weight excluding hydrogens is 376 g/mol. The monoisotopic (exact) mass is 416 g/mol. The number of carbonyl (C=O) groups excluding carboxylic acids is 3. The molecule has 0 radical (unpaired) electrons. The van der Waals surface area contributed by atoms with Gasteiger partial charge in [0, 0.05) is 0 Å². The molecule has 0 aromatic carbocycles. The summed E-state index contributed by atoms with van der Waals surface area (Å²) in [6, 6.07) is 0. The van der Waals surface area contributed by atoms with Crippen molar-refractivity contribution >= 4 is 17.9 Å². The summed E-state index contributed by atoms with van der Waals surface area (Å²) in [4.78, 5) is 36.9. The van der Waals surface area contributed by atoms with Crippen LogP contribution in [-0.4, -0.2) is 48.9 Å². The first-order valence-corrected chi connectivity index (χ1v) is 11.0. The smallest absolute Gasteiger partial charge is 0.310 e. The summed E-state index contributed by atoms with van der Waals surface area (Å²) < 4.78 is 15.5. The summed E-state index contributed by atoms with van der Waals surface area (Å²) in [5.41, 5.74) is 0. The number of hydrogen-bond donors (Lipinski definition) is 1. The van der Waals surface area contributed by atoms with E-state index in [1.54, 1.807) is 6.92 Å². The van der Waals surface area contributed by atoms with Crippen LogP contribution in [0.3, 0.4) is 0 Å². The zero-order valence-electron chi connectivity index (χ0n) is 18.6. The van der Waals surface area contributed by atoms with E-state index in [4.69, 9.17) is 14.2 Å². The molecule has 0 bridgehead atoms. The Hall–Kier alpha value is -1.63. The van der Waals surface area contributed by atoms with Gasteiger partial charge >= 0.3 is 17.9 Å². The molecule has 0 saturated carbocycles. The Kier molecular flexibility index (Phi) is 16.3. The molecule has 0 saturated heterocycles. The van der Waals surface area contributed by atoms with Crippen molar-refractivity contribution in [3.8, 4) is 0 Å². The maximum atomic E-state index is 12.4. The van der Waals surface area contributed by atoms with E-state index in [9.17, 15) is 19.5 Å². The van der Waals surface area contributed by atoms with Crippen molar-refractivity contribution in [1.82, 2.24) is 0 Å². The highest BCUT2D eigenvalue weighted by Crippen LogP contribution is 2.21. The van der Waals surface area contributed by atoms with Gasteiger partial charge in [0.25, 0.3) is 0 Å². The number of aliphatic hydroxyl groups excluding tert-OH is 1. The van der Waals surface area contributed by atoms with E-state index in [1.807, 2.05) is 0 Å². The fourth-order valence-electron chi connectivity index (χ4n) is 2.72. The number of unbranched alkanes of at least 4 members (excludes halogenated alkanes) is 6. The zero-order chi connectivity index (χ0) is 22.1. The van der Waals surface area contributed by atoms with Crippen molar-refractivity contribution in [3.63, 3.8) is 0 Å². The van der Waals surface area contributed by atoms with Crippen LogP contribution in [0.1, 0.15) is 85.5 Å². The normalized spacial score (nSPS) is 14.0. The van der Waals surface area contributed by atoms with Gasteiger partial charge in [-0.2, -0.15) is 0 Å². The van der Waals surface area contributed by atoms with Crippen LogP contribution >= 0.6 is 0 Å². The van der Waals surface area contributed by atoms with Gasteiger partial charge in [-0.3, -0.25) is 14.4 Å². The molecule has 0 heterocycles. The molecule has 7 nitrogen and oxygen atoms in total. The Morgan fingerprint density at radius 1 is 0.759 bits per heavy atom. The molecule has 0 aromatic rings. The third-order valence-corrected chi connectivity index (χ3v) is 4.63. The molecule has 0 spiro atoms. The van der Waals surface area contributed by atoms with Gasteiger partial charge in [0.1, 0.15) is 6.61 Å². The van der Waals surface area contributed by atoms with Crippen molar-refractivity contribution in [2.75, 3.05) is 19.8 Å². The Morgan fingerprint density at radius 2 is 1.31 bits per heavy atom. The average molecular weight is 417 g/mol. The highest BCUT2D eigenvalue weighted by atomic mass is 16.6. The molecule has 0 aliphatic heterocycles. The van der Waals surface area contributed by atoms with Gasteiger partial charge in [0.2, 0.25) is 0 Å². The van der Waals surface area contributed by atoms with Crippen LogP contribution in [0.2, 0.25) is 0 Å². The summed E-state index contributed by atoms with van der Waals surface area (Å²) in [5, 5.41) is 9.33. The van der Waals surface area contributed by atoms with Gasteiger partial charge in [0.05, 0.1) is 37.6 Å². The highest BCUT2D eigenvalue weighted by Gasteiger charge is 2.35. The first kappa shape index (κ1) is 27.4. The van der Waals surface area contributed by atoms with Crippen LogP contribution in [-0.2, 0) is 28.6 Å². The summed E-state index contributed by atoms with van der Waals surface area (Å²) in [5.74, 6) is -3.61. The highest BCUT2D eigenvalue weighted by molar-refractivity contribution is 5.85. The number of aliphatic hydroxyl groups is 1. The van der Waals surface area contributed by atoms with Crippen molar-refractivity contribution in [3.05, 3.63) is 0 Å². The van der Waals surface area contributed by atoms with Crippen molar-refractivity contribution < 1.29 is 33.7 Å². The first-order valence-electron chi connectivity index (χ1n) is 11.0. The maximum absolute atomic E-state index is 12.4. The van der Waals surface area contributed by atoms with Gasteiger partial charge < -0.3 is 19.3 Å². The number of ether oxygens (including phenoxy) is 3. The molecule has 0 aliphatic carbocycles. The van der Waals surface area contributed by atoms with Crippen LogP contribution in [0.15, 0.2) is 0 Å². The molecule has 0 fully saturated rings. The summed E-state index contributed by atoms with van der Waals surface area (Å²) in [6.07, 6.45) is 6.73. The quantitative estimate of drug-likeness (QED) is 0.219. The minimum absolute atomic E-state index is 0.194. The Balaban J connectivity index is 4.70. The zero-order valence-corrected chi connectivity index (χ0v) is 18.6. The van der Waals surface area contributed by atoms with Crippen LogP contribution in [0.4, 0.5) is 0 Å². The predicted octanol–water partition coefficient (Wildman–Crippen LogP) is 3.80. The minimum Gasteiger partial charge on any atom is -0.466 e. The van der Waals surface area contributed by atoms with Crippen LogP contribution in [0, 0.1) is 11.8 Å². The Bertz CT molecular complexity index is 462. The number of rotatable bonds is 17. The van der Waals surface area contributed by atoms with E-state index in [-0.39, 0.29) is 13.0 Å². The summed E-state index contributed by atoms with van der Waals surface area (Å²) >= 11 is 0. The van der Waals surface area contributed by atoms with Crippen molar-refractivity contribution in [1.29, 1.82) is 0 Å². The molecule has 3 atom stereocenters. The lowest BCUT2D eigenvalue weighted by Gasteiger charge is -2.21. The van der Waals surface area contributed by atoms with Crippen molar-refractivity contribution in [2.45, 2.75) is 91.6 Å². The molecule has 3 unspecified atom stereocenters. The molecule has 0 aromatic heterocycles. The molecule has 170 valence electrons. The fourth-order valence-corrected chi connectivity index (χ4v) is 2.72. The number of esters is 3. The van der Waals surface area contributed by atoms with E-state index in [2.05, 4.69) is 13.8 Å². The Labute approximate surface area is 175 Å². The Morgan fingerprint density at radius 3 is 1.83 bits per heavy atom. The predicted molar refractivity (Wildman–Crippen MR) is 110 cm³/mol. The van der Waals surface area contributed by atoms with Gasteiger partial charge in [-0.15, -0.1) is 0 Å². The van der Waals surface area contributed by atoms with Gasteiger partial charge in [0.15, 0.2) is 0 Å². The molecule has 0 aliphatic rings. The SMILES string of the molecule is CCCCCCOC(=O)CC(C(=O)OCC(C)O)C(C)C(=O)OCCCCCC. The topological polar surface area (TPSA) is 99.1 Å². The summed E-state index contributed by atoms with van der Waals surface area (Å²) in [6.45, 7) is 7.63. The third kappa shape index (κ3) is 14.1. The average Bonchev–Trinajstić information content (AvgIpc) is 2.69. The molecular formula is C22H40O7. The molecule has 1 N–H and O–H groups in total. The van der Waals surface area contributed by atoms with E-state index in [0.717, 1.165) is 51.4 Å². The summed E-state index contributed by atoms with van der Waals surface area (Å²) in [7, 11) is 0. The van der Waals surface area contributed by atoms with E-state index in [0.29, 0.717) is 13.2 Å². The molecule has 0 amide bonds. The van der Waals surface area contributed by atoms with Crippen molar-refractivity contribution in [2.24, 2.45) is 11.8 Å². The van der Waals surface area contributed by atoms with Crippen LogP contribution in [0.5, 0.6) is 0 Å². The van der Waals surface area contributed by atoms with Gasteiger partial charge in [-0.1, -0.05) is 59.3 Å². The maximum Gasteiger partial charge on any atom is 0.310 e. The third-order valence-electron chi connectivity index (χ3n) is 4.63. The number of carbonyl (C=O) groups is 3. The molecule has 29 heavy (non-hydrogen) atoms. The second kappa shape index (κ2) is 17.2. The van der Waals surface area contributed by atoms with Crippen LogP contribution in [0.25, 0.3) is 0 Å². The number of hydrogen-bond acceptors (Lipinski definition) is 7. The van der Waals surface area contributed by atoms with E-state index in [1.165, 1.54) is 6.92 Å². The molecule has 7 heteroatoms. The standard InChI is InChI=1S/C22H40O7/c1-5-7-9-11-13-27-20(24)15-19(22(26)29-16-17(3)23)18(4)21(25)28-14-12-10-8-6-2/h17-19,23H,5-16H2,1-4H3. The lowest BCUT2D eigenvalue weighted by molar-refractivity contribution is -0.165. The first-order chi connectivity index (χ1) is 13.8. The minimum atomic E-state index is -1.000. The van der Waals surface area contributed by atoms with Gasteiger partial charge in [-0.05, 0) is 19.8 Å².